The Kier molecular flexibility index (Phi) is 15.8. The quantitative estimate of drug-likeness (QED) is 0.0475. The van der Waals surface area contributed by atoms with E-state index >= 15 is 0 Å². The maximum atomic E-state index is 13.8. The van der Waals surface area contributed by atoms with Gasteiger partial charge in [-0.3, -0.25) is 24.1 Å². The summed E-state index contributed by atoms with van der Waals surface area (Å²) >= 11 is 0. The van der Waals surface area contributed by atoms with Crippen LogP contribution in [0.1, 0.15) is 75.9 Å². The Hall–Kier alpha value is -6.80. The molecule has 0 radical (unpaired) electrons. The number of nitrogens with zero attached hydrogens (tertiary/aromatic N) is 2. The van der Waals surface area contributed by atoms with E-state index in [4.69, 9.17) is 9.47 Å². The average Bonchev–Trinajstić information content (AvgIpc) is 3.36. The van der Waals surface area contributed by atoms with Gasteiger partial charge in [0.2, 0.25) is 5.56 Å². The number of phenols is 1. The topological polar surface area (TPSA) is 174 Å². The predicted molar refractivity (Wildman–Crippen MR) is 257 cm³/mol. The van der Waals surface area contributed by atoms with Crippen molar-refractivity contribution in [1.82, 2.24) is 25.4 Å². The number of rotatable bonds is 18. The van der Waals surface area contributed by atoms with Gasteiger partial charge in [-0.2, -0.15) is 0 Å². The maximum Gasteiger partial charge on any atom is 0.317 e. The fourth-order valence-electron chi connectivity index (χ4n) is 9.10. The molecule has 1 unspecified atom stereocenters. The molecule has 2 atom stereocenters. The van der Waals surface area contributed by atoms with Gasteiger partial charge in [0.15, 0.2) is 6.61 Å². The summed E-state index contributed by atoms with van der Waals surface area (Å²) in [5.74, 6) is -0.532. The van der Waals surface area contributed by atoms with E-state index < -0.39 is 12.0 Å². The van der Waals surface area contributed by atoms with Gasteiger partial charge < -0.3 is 40.2 Å². The number of carbonyl (C=O) groups excluding carboxylic acids is 3. The van der Waals surface area contributed by atoms with Gasteiger partial charge >= 0.3 is 5.97 Å². The lowest BCUT2D eigenvalue weighted by Crippen LogP contribution is -2.47. The van der Waals surface area contributed by atoms with Gasteiger partial charge in [0.05, 0.1) is 18.2 Å². The van der Waals surface area contributed by atoms with Crippen molar-refractivity contribution in [2.75, 3.05) is 52.5 Å². The minimum atomic E-state index is -0.850. The van der Waals surface area contributed by atoms with E-state index in [1.165, 1.54) is 17.7 Å². The highest BCUT2D eigenvalue weighted by molar-refractivity contribution is 5.94. The molecule has 2 saturated heterocycles. The van der Waals surface area contributed by atoms with Gasteiger partial charge in [-0.15, -0.1) is 0 Å². The molecule has 67 heavy (non-hydrogen) atoms. The number of aromatic nitrogens is 1. The lowest BCUT2D eigenvalue weighted by Gasteiger charge is -2.32. The van der Waals surface area contributed by atoms with Crippen LogP contribution in [0.2, 0.25) is 0 Å². The Balaban J connectivity index is 0.753. The minimum Gasteiger partial charge on any atom is -0.506 e. The van der Waals surface area contributed by atoms with Crippen LogP contribution in [0.4, 0.5) is 0 Å². The second-order valence-electron chi connectivity index (χ2n) is 17.6. The van der Waals surface area contributed by atoms with Crippen LogP contribution in [0.3, 0.4) is 0 Å². The lowest BCUT2D eigenvalue weighted by atomic mass is 9.91. The van der Waals surface area contributed by atoms with Crippen molar-refractivity contribution >= 4 is 28.7 Å². The van der Waals surface area contributed by atoms with Crippen molar-refractivity contribution in [3.05, 3.63) is 177 Å². The first-order valence-electron chi connectivity index (χ1n) is 23.3. The second-order valence-corrected chi connectivity index (χ2v) is 17.6. The number of aliphatic hydroxyl groups excluding tert-OH is 1. The Labute approximate surface area is 390 Å². The third kappa shape index (κ3) is 12.6. The molecule has 0 bridgehead atoms. The zero-order valence-electron chi connectivity index (χ0n) is 37.6. The number of benzene rings is 5. The van der Waals surface area contributed by atoms with E-state index in [1.54, 1.807) is 18.2 Å². The number of amides is 2. The van der Waals surface area contributed by atoms with Gasteiger partial charge in [-0.05, 0) is 122 Å². The molecule has 2 amide bonds. The monoisotopic (exact) mass is 905 g/mol. The highest BCUT2D eigenvalue weighted by Gasteiger charge is 2.28. The van der Waals surface area contributed by atoms with E-state index in [0.29, 0.717) is 79.2 Å². The number of aromatic hydroxyl groups is 1. The molecule has 348 valence electrons. The summed E-state index contributed by atoms with van der Waals surface area (Å²) in [5, 5.41) is 27.9. The lowest BCUT2D eigenvalue weighted by molar-refractivity contribution is -0.146. The normalized spacial score (nSPS) is 15.7. The number of aromatic amines is 1. The van der Waals surface area contributed by atoms with E-state index in [2.05, 4.69) is 44.8 Å². The van der Waals surface area contributed by atoms with Crippen LogP contribution in [-0.2, 0) is 27.3 Å². The molecule has 2 aliphatic rings. The summed E-state index contributed by atoms with van der Waals surface area (Å²) < 4.78 is 12.0. The van der Waals surface area contributed by atoms with E-state index in [9.17, 15) is 29.4 Å². The Morgan fingerprint density at radius 3 is 2.22 bits per heavy atom. The number of aliphatic hydroxyl groups is 1. The van der Waals surface area contributed by atoms with Crippen LogP contribution >= 0.6 is 0 Å². The van der Waals surface area contributed by atoms with Crippen LogP contribution in [0.15, 0.2) is 138 Å². The van der Waals surface area contributed by atoms with Gasteiger partial charge in [0.1, 0.15) is 17.4 Å². The zero-order valence-corrected chi connectivity index (χ0v) is 37.6. The standard InChI is InChI=1S/C54H59N5O8/c60-47-20-18-45(46-19-21-49(62)57-52(46)47)48(61)33-55-27-22-37-14-16-41(17-15-37)53(64)59-30-25-43(26-31-59)56-50(63)36-66-44-13-7-12-42(32-44)51(40-10-5-2-6-11-40)54(65)67-35-39-23-28-58(29-24-39)34-38-8-3-1-4-9-38/h1-21,32,39,43,48,51,55,60-61H,22-31,33-36H2,(H,56,63)(H,57,62)/t48-,51?/m0/s1. The molecule has 3 heterocycles. The van der Waals surface area contributed by atoms with Crippen molar-refractivity contribution in [2.45, 2.75) is 56.7 Å². The Morgan fingerprint density at radius 2 is 1.48 bits per heavy atom. The van der Waals surface area contributed by atoms with Crippen molar-refractivity contribution in [1.29, 1.82) is 0 Å². The minimum absolute atomic E-state index is 0.0545. The number of phenolic OH excluding ortho intramolecular Hbond substituents is 1. The van der Waals surface area contributed by atoms with Gasteiger partial charge in [0, 0.05) is 49.2 Å². The molecule has 2 aliphatic heterocycles. The molecular weight excluding hydrogens is 847 g/mol. The first-order valence-corrected chi connectivity index (χ1v) is 23.3. The van der Waals surface area contributed by atoms with Crippen molar-refractivity contribution in [3.8, 4) is 11.5 Å². The smallest absolute Gasteiger partial charge is 0.317 e. The third-order valence-corrected chi connectivity index (χ3v) is 12.9. The first-order chi connectivity index (χ1) is 32.7. The Morgan fingerprint density at radius 1 is 0.761 bits per heavy atom. The van der Waals surface area contributed by atoms with Crippen molar-refractivity contribution in [2.24, 2.45) is 5.92 Å². The number of likely N-dealkylation sites (tertiary alicyclic amines) is 2. The molecule has 8 rings (SSSR count). The number of hydrogen-bond donors (Lipinski definition) is 5. The molecule has 1 aromatic heterocycles. The van der Waals surface area contributed by atoms with E-state index in [-0.39, 0.29) is 48.3 Å². The molecule has 0 spiro atoms. The molecule has 13 nitrogen and oxygen atoms in total. The van der Waals surface area contributed by atoms with Crippen LogP contribution in [0.5, 0.6) is 11.5 Å². The molecule has 13 heteroatoms. The number of esters is 1. The van der Waals surface area contributed by atoms with Gasteiger partial charge in [-0.1, -0.05) is 91.0 Å². The van der Waals surface area contributed by atoms with Gasteiger partial charge in [-0.25, -0.2) is 0 Å². The molecule has 0 aliphatic carbocycles. The fourth-order valence-corrected chi connectivity index (χ4v) is 9.10. The largest absolute Gasteiger partial charge is 0.506 e. The molecule has 0 saturated carbocycles. The van der Waals surface area contributed by atoms with Crippen LogP contribution in [-0.4, -0.2) is 101 Å². The number of H-pyrrole nitrogens is 1. The molecule has 5 N–H and O–H groups in total. The second kappa shape index (κ2) is 22.6. The number of ether oxygens (including phenoxy) is 2. The van der Waals surface area contributed by atoms with Crippen LogP contribution in [0, 0.1) is 5.92 Å². The number of fused-ring (bicyclic) bond motifs is 1. The summed E-state index contributed by atoms with van der Waals surface area (Å²) in [6.45, 7) is 4.94. The third-order valence-electron chi connectivity index (χ3n) is 12.9. The van der Waals surface area contributed by atoms with E-state index in [0.717, 1.165) is 49.2 Å². The Bertz CT molecular complexity index is 2640. The average molecular weight is 906 g/mol. The summed E-state index contributed by atoms with van der Waals surface area (Å²) in [7, 11) is 0. The summed E-state index contributed by atoms with van der Waals surface area (Å²) in [6.07, 6.45) is 3.02. The zero-order chi connectivity index (χ0) is 46.5. The number of carbonyl (C=O) groups is 3. The molecule has 5 aromatic carbocycles. The maximum absolute atomic E-state index is 13.8. The number of piperidine rings is 2. The fraction of sp³-hybridized carbons (Fsp3) is 0.333. The van der Waals surface area contributed by atoms with Crippen molar-refractivity contribution in [3.63, 3.8) is 0 Å². The SMILES string of the molecule is O=C(COc1cccc(C(C(=O)OCC2CCN(Cc3ccccc3)CC2)c2ccccc2)c1)NC1CCN(C(=O)c2ccc(CCNC[C@H](O)c3ccc(O)c4[nH]c(=O)ccc34)cc2)CC1. The number of hydrogen-bond acceptors (Lipinski definition) is 10. The summed E-state index contributed by atoms with van der Waals surface area (Å²) in [4.78, 5) is 58.9. The highest BCUT2D eigenvalue weighted by Crippen LogP contribution is 2.31. The summed E-state index contributed by atoms with van der Waals surface area (Å²) in [5.41, 5.74) is 5.06. The molecule has 6 aromatic rings. The van der Waals surface area contributed by atoms with E-state index in [1.807, 2.05) is 83.8 Å². The number of pyridine rings is 1. The first kappa shape index (κ1) is 46.7. The molecule has 2 fully saturated rings. The molecular formula is C54H59N5O8. The van der Waals surface area contributed by atoms with Crippen LogP contribution < -0.4 is 20.9 Å². The predicted octanol–water partition coefficient (Wildman–Crippen LogP) is 6.49. The number of nitrogens with one attached hydrogen (secondary N) is 3. The summed E-state index contributed by atoms with van der Waals surface area (Å²) in [6, 6.07) is 40.9. The van der Waals surface area contributed by atoms with Gasteiger partial charge in [0.25, 0.3) is 11.8 Å². The van der Waals surface area contributed by atoms with Crippen LogP contribution in [0.25, 0.3) is 10.9 Å². The highest BCUT2D eigenvalue weighted by atomic mass is 16.5. The van der Waals surface area contributed by atoms with Crippen molar-refractivity contribution < 1.29 is 34.1 Å².